The molecule has 0 aliphatic carbocycles. The van der Waals surface area contributed by atoms with E-state index in [9.17, 15) is 0 Å². The van der Waals surface area contributed by atoms with Crippen LogP contribution in [0.1, 0.15) is 16.1 Å². The fourth-order valence-corrected chi connectivity index (χ4v) is 2.08. The van der Waals surface area contributed by atoms with E-state index in [1.54, 1.807) is 0 Å². The van der Waals surface area contributed by atoms with Crippen molar-refractivity contribution >= 4 is 17.0 Å². The van der Waals surface area contributed by atoms with Crippen LogP contribution in [0.25, 0.3) is 0 Å². The van der Waals surface area contributed by atoms with E-state index in [2.05, 4.69) is 4.98 Å². The number of rotatable bonds is 2. The number of anilines is 1. The van der Waals surface area contributed by atoms with Crippen LogP contribution >= 0.6 is 11.3 Å². The van der Waals surface area contributed by atoms with E-state index in [4.69, 9.17) is 10.5 Å². The Kier molecular flexibility index (Phi) is 2.83. The third-order valence-corrected chi connectivity index (χ3v) is 3.33. The second kappa shape index (κ2) is 4.14. The van der Waals surface area contributed by atoms with E-state index in [-0.39, 0.29) is 0 Å². The van der Waals surface area contributed by atoms with Crippen LogP contribution in [0.3, 0.4) is 0 Å². The van der Waals surface area contributed by atoms with Gasteiger partial charge in [-0.3, -0.25) is 0 Å². The predicted octanol–water partition coefficient (Wildman–Crippen LogP) is 3.44. The molecule has 0 saturated carbocycles. The molecule has 0 bridgehead atoms. The molecule has 1 aromatic carbocycles. The second-order valence-electron chi connectivity index (χ2n) is 3.76. The lowest BCUT2D eigenvalue weighted by atomic mass is 10.2. The zero-order chi connectivity index (χ0) is 11.7. The summed E-state index contributed by atoms with van der Waals surface area (Å²) >= 11 is 1.53. The Morgan fingerprint density at radius 3 is 2.62 bits per heavy atom. The van der Waals surface area contributed by atoms with Gasteiger partial charge in [0.25, 0.3) is 5.19 Å². The van der Waals surface area contributed by atoms with Crippen molar-refractivity contribution in [3.8, 4) is 10.9 Å². The monoisotopic (exact) mass is 234 g/mol. The zero-order valence-electron chi connectivity index (χ0n) is 9.57. The molecule has 2 rings (SSSR count). The number of benzene rings is 1. The third-order valence-electron chi connectivity index (χ3n) is 2.38. The molecule has 84 valence electrons. The first kappa shape index (κ1) is 11.0. The third kappa shape index (κ3) is 2.17. The molecule has 0 unspecified atom stereocenters. The molecule has 0 fully saturated rings. The Morgan fingerprint density at radius 1 is 1.25 bits per heavy atom. The van der Waals surface area contributed by atoms with Crippen LogP contribution in [0.2, 0.25) is 0 Å². The van der Waals surface area contributed by atoms with E-state index < -0.39 is 0 Å². The molecule has 0 radical (unpaired) electrons. The summed E-state index contributed by atoms with van der Waals surface area (Å²) in [6.45, 7) is 6.00. The first-order chi connectivity index (χ1) is 7.56. The second-order valence-corrected chi connectivity index (χ2v) is 4.93. The smallest absolute Gasteiger partial charge is 0.279 e. The maximum atomic E-state index is 5.83. The molecule has 2 aromatic rings. The Bertz CT molecular complexity index is 500. The first-order valence-electron chi connectivity index (χ1n) is 5.04. The maximum absolute atomic E-state index is 5.83. The number of nitrogens with two attached hydrogens (primary N) is 1. The van der Waals surface area contributed by atoms with Crippen LogP contribution in [-0.2, 0) is 0 Å². The minimum absolute atomic E-state index is 0.635. The number of thiazole rings is 1. The normalized spacial score (nSPS) is 10.4. The fraction of sp³-hybridized carbons (Fsp3) is 0.250. The Labute approximate surface area is 98.9 Å². The molecular weight excluding hydrogens is 220 g/mol. The van der Waals surface area contributed by atoms with Crippen molar-refractivity contribution < 1.29 is 4.74 Å². The summed E-state index contributed by atoms with van der Waals surface area (Å²) in [6.07, 6.45) is 0. The van der Waals surface area contributed by atoms with E-state index in [1.165, 1.54) is 16.2 Å². The van der Waals surface area contributed by atoms with Crippen LogP contribution in [0.5, 0.6) is 10.9 Å². The number of aromatic nitrogens is 1. The minimum atomic E-state index is 0.635. The highest BCUT2D eigenvalue weighted by Crippen LogP contribution is 2.32. The molecule has 1 heterocycles. The summed E-state index contributed by atoms with van der Waals surface area (Å²) in [5.41, 5.74) is 8.59. The molecule has 4 heteroatoms. The van der Waals surface area contributed by atoms with E-state index in [1.807, 2.05) is 39.0 Å². The van der Waals surface area contributed by atoms with E-state index in [0.29, 0.717) is 16.6 Å². The molecular formula is C12H14N2OS. The number of hydrogen-bond donors (Lipinski definition) is 1. The van der Waals surface area contributed by atoms with Crippen molar-refractivity contribution in [2.75, 3.05) is 5.73 Å². The Balaban J connectivity index is 2.29. The Morgan fingerprint density at radius 2 is 2.00 bits per heavy atom. The Hall–Kier alpha value is -1.55. The number of aryl methyl sites for hydroxylation is 3. The van der Waals surface area contributed by atoms with Crippen molar-refractivity contribution in [1.29, 1.82) is 0 Å². The molecule has 0 atom stereocenters. The SMILES string of the molecule is Cc1ccc(N)c(Oc2nc(C)c(C)s2)c1. The van der Waals surface area contributed by atoms with Gasteiger partial charge < -0.3 is 10.5 Å². The lowest BCUT2D eigenvalue weighted by molar-refractivity contribution is 0.480. The van der Waals surface area contributed by atoms with Crippen LogP contribution < -0.4 is 10.5 Å². The quantitative estimate of drug-likeness (QED) is 0.810. The van der Waals surface area contributed by atoms with Gasteiger partial charge in [-0.15, -0.1) is 0 Å². The molecule has 0 saturated heterocycles. The van der Waals surface area contributed by atoms with Gasteiger partial charge in [0.05, 0.1) is 11.4 Å². The summed E-state index contributed by atoms with van der Waals surface area (Å²) in [4.78, 5) is 5.48. The maximum Gasteiger partial charge on any atom is 0.279 e. The largest absolute Gasteiger partial charge is 0.429 e. The minimum Gasteiger partial charge on any atom is -0.429 e. The molecule has 0 amide bonds. The van der Waals surface area contributed by atoms with Crippen molar-refractivity contribution in [2.24, 2.45) is 0 Å². The predicted molar refractivity (Wildman–Crippen MR) is 67.3 cm³/mol. The average molecular weight is 234 g/mol. The highest BCUT2D eigenvalue weighted by molar-refractivity contribution is 7.13. The van der Waals surface area contributed by atoms with Gasteiger partial charge in [0.1, 0.15) is 0 Å². The number of hydrogen-bond acceptors (Lipinski definition) is 4. The van der Waals surface area contributed by atoms with Gasteiger partial charge in [0, 0.05) is 4.88 Å². The van der Waals surface area contributed by atoms with Gasteiger partial charge in [-0.05, 0) is 38.5 Å². The van der Waals surface area contributed by atoms with Crippen LogP contribution in [0, 0.1) is 20.8 Å². The van der Waals surface area contributed by atoms with Gasteiger partial charge in [0.15, 0.2) is 5.75 Å². The molecule has 2 N–H and O–H groups in total. The lowest BCUT2D eigenvalue weighted by Gasteiger charge is -2.05. The van der Waals surface area contributed by atoms with Gasteiger partial charge in [-0.1, -0.05) is 17.4 Å². The number of ether oxygens (including phenoxy) is 1. The van der Waals surface area contributed by atoms with Crippen molar-refractivity contribution in [3.05, 3.63) is 34.3 Å². The summed E-state index contributed by atoms with van der Waals surface area (Å²) in [7, 11) is 0. The van der Waals surface area contributed by atoms with Crippen molar-refractivity contribution in [3.63, 3.8) is 0 Å². The first-order valence-corrected chi connectivity index (χ1v) is 5.86. The summed E-state index contributed by atoms with van der Waals surface area (Å²) in [6, 6.07) is 5.72. The highest BCUT2D eigenvalue weighted by Gasteiger charge is 2.08. The molecule has 16 heavy (non-hydrogen) atoms. The lowest BCUT2D eigenvalue weighted by Crippen LogP contribution is -1.92. The van der Waals surface area contributed by atoms with Gasteiger partial charge in [-0.2, -0.15) is 0 Å². The number of nitrogen functional groups attached to an aromatic ring is 1. The molecule has 1 aromatic heterocycles. The summed E-state index contributed by atoms with van der Waals surface area (Å²) in [5.74, 6) is 0.675. The van der Waals surface area contributed by atoms with Crippen molar-refractivity contribution in [1.82, 2.24) is 4.98 Å². The van der Waals surface area contributed by atoms with Crippen LogP contribution in [-0.4, -0.2) is 4.98 Å². The van der Waals surface area contributed by atoms with Crippen LogP contribution in [0.4, 0.5) is 5.69 Å². The summed E-state index contributed by atoms with van der Waals surface area (Å²) in [5, 5.41) is 0.646. The van der Waals surface area contributed by atoms with Crippen LogP contribution in [0.15, 0.2) is 18.2 Å². The average Bonchev–Trinajstić information content (AvgIpc) is 2.52. The highest BCUT2D eigenvalue weighted by atomic mass is 32.1. The standard InChI is InChI=1S/C12H14N2OS/c1-7-4-5-10(13)11(6-7)15-12-14-8(2)9(3)16-12/h4-6H,13H2,1-3H3. The van der Waals surface area contributed by atoms with Gasteiger partial charge in [0.2, 0.25) is 0 Å². The topological polar surface area (TPSA) is 48.1 Å². The molecule has 0 spiro atoms. The van der Waals surface area contributed by atoms with Crippen molar-refractivity contribution in [2.45, 2.75) is 20.8 Å². The fourth-order valence-electron chi connectivity index (χ4n) is 1.31. The molecule has 3 nitrogen and oxygen atoms in total. The van der Waals surface area contributed by atoms with E-state index >= 15 is 0 Å². The summed E-state index contributed by atoms with van der Waals surface area (Å²) < 4.78 is 5.67. The number of nitrogens with zero attached hydrogens (tertiary/aromatic N) is 1. The zero-order valence-corrected chi connectivity index (χ0v) is 10.4. The molecule has 0 aliphatic heterocycles. The van der Waals surface area contributed by atoms with E-state index in [0.717, 1.165) is 11.3 Å². The molecule has 0 aliphatic rings. The van der Waals surface area contributed by atoms with Gasteiger partial charge in [-0.25, -0.2) is 4.98 Å². The van der Waals surface area contributed by atoms with Gasteiger partial charge >= 0.3 is 0 Å².